The summed E-state index contributed by atoms with van der Waals surface area (Å²) in [5, 5.41) is 0.768. The van der Waals surface area contributed by atoms with Crippen LogP contribution in [0, 0.1) is 13.8 Å². The van der Waals surface area contributed by atoms with E-state index in [4.69, 9.17) is 9.72 Å². The lowest BCUT2D eigenvalue weighted by atomic mass is 10.1. The van der Waals surface area contributed by atoms with E-state index in [2.05, 4.69) is 30.9 Å². The Morgan fingerprint density at radius 2 is 1.76 bits per heavy atom. The second-order valence-electron chi connectivity index (χ2n) is 7.22. The molecule has 0 N–H and O–H groups in total. The summed E-state index contributed by atoms with van der Waals surface area (Å²) in [6.45, 7) is 5.57. The Labute approximate surface area is 182 Å². The fraction of sp³-hybridized carbons (Fsp3) is 0.364. The van der Waals surface area contributed by atoms with E-state index < -0.39 is 0 Å². The number of carbonyl (C=O) groups is 1. The number of likely N-dealkylation sites (N-methyl/N-ethyl adjacent to an activating group) is 1. The molecule has 5 nitrogen and oxygen atoms in total. The summed E-state index contributed by atoms with van der Waals surface area (Å²) in [5.41, 5.74) is 4.35. The van der Waals surface area contributed by atoms with Crippen molar-refractivity contribution in [2.75, 3.05) is 39.2 Å². The van der Waals surface area contributed by atoms with Crippen molar-refractivity contribution in [1.82, 2.24) is 9.88 Å². The number of rotatable bonds is 7. The van der Waals surface area contributed by atoms with E-state index in [0.717, 1.165) is 33.2 Å². The van der Waals surface area contributed by atoms with E-state index in [1.807, 2.05) is 43.3 Å². The number of amides is 1. The summed E-state index contributed by atoms with van der Waals surface area (Å²) in [6, 6.07) is 11.9. The van der Waals surface area contributed by atoms with E-state index >= 15 is 0 Å². The first-order chi connectivity index (χ1) is 13.4. The third-order valence-corrected chi connectivity index (χ3v) is 5.93. The van der Waals surface area contributed by atoms with E-state index in [1.165, 1.54) is 11.1 Å². The Morgan fingerprint density at radius 1 is 1.07 bits per heavy atom. The molecule has 3 rings (SSSR count). The molecule has 0 bridgehead atoms. The van der Waals surface area contributed by atoms with Gasteiger partial charge in [0.2, 0.25) is 5.91 Å². The lowest BCUT2D eigenvalue weighted by Crippen LogP contribution is -2.37. The zero-order valence-electron chi connectivity index (χ0n) is 17.6. The molecule has 1 amide bonds. The predicted molar refractivity (Wildman–Crippen MR) is 124 cm³/mol. The molecule has 0 spiro atoms. The summed E-state index contributed by atoms with van der Waals surface area (Å²) in [5.74, 6) is 0.845. The monoisotopic (exact) mass is 433 g/mol. The highest BCUT2D eigenvalue weighted by Crippen LogP contribution is 2.32. The third kappa shape index (κ3) is 5.47. The van der Waals surface area contributed by atoms with Crippen LogP contribution in [0.3, 0.4) is 0 Å². The van der Waals surface area contributed by atoms with Crippen LogP contribution in [-0.4, -0.2) is 50.1 Å². The van der Waals surface area contributed by atoms with Gasteiger partial charge in [-0.2, -0.15) is 0 Å². The number of thiazole rings is 1. The second kappa shape index (κ2) is 10.1. The Morgan fingerprint density at radius 3 is 2.38 bits per heavy atom. The molecule has 7 heteroatoms. The number of hydrogen-bond acceptors (Lipinski definition) is 5. The molecule has 1 heterocycles. The topological polar surface area (TPSA) is 45.7 Å². The zero-order chi connectivity index (χ0) is 20.3. The van der Waals surface area contributed by atoms with Crippen molar-refractivity contribution in [2.45, 2.75) is 20.3 Å². The highest BCUT2D eigenvalue weighted by atomic mass is 35.5. The number of hydrogen-bond donors (Lipinski definition) is 0. The number of fused-ring (bicyclic) bond motifs is 1. The van der Waals surface area contributed by atoms with Gasteiger partial charge in [0.1, 0.15) is 5.75 Å². The Bertz CT molecular complexity index is 970. The molecule has 0 radical (unpaired) electrons. The maximum Gasteiger partial charge on any atom is 0.233 e. The number of aromatic nitrogens is 1. The van der Waals surface area contributed by atoms with Crippen LogP contribution < -0.4 is 9.64 Å². The first kappa shape index (κ1) is 23.1. The van der Waals surface area contributed by atoms with Crippen LogP contribution in [0.1, 0.15) is 16.7 Å². The molecule has 0 unspecified atom stereocenters. The van der Waals surface area contributed by atoms with Gasteiger partial charge in [-0.3, -0.25) is 9.69 Å². The van der Waals surface area contributed by atoms with Gasteiger partial charge >= 0.3 is 0 Å². The molecule has 0 aliphatic carbocycles. The predicted octanol–water partition coefficient (Wildman–Crippen LogP) is 4.48. The van der Waals surface area contributed by atoms with Crippen molar-refractivity contribution in [3.05, 3.63) is 53.1 Å². The van der Waals surface area contributed by atoms with Crippen molar-refractivity contribution in [1.29, 1.82) is 0 Å². The largest absolute Gasteiger partial charge is 0.497 e. The molecule has 2 aromatic carbocycles. The van der Waals surface area contributed by atoms with Gasteiger partial charge in [-0.1, -0.05) is 29.5 Å². The third-order valence-electron chi connectivity index (χ3n) is 4.89. The van der Waals surface area contributed by atoms with Gasteiger partial charge in [-0.15, -0.1) is 12.4 Å². The average molecular weight is 434 g/mol. The van der Waals surface area contributed by atoms with Crippen molar-refractivity contribution < 1.29 is 9.53 Å². The fourth-order valence-corrected chi connectivity index (χ4v) is 4.04. The van der Waals surface area contributed by atoms with E-state index in [-0.39, 0.29) is 18.3 Å². The fourth-order valence-electron chi connectivity index (χ4n) is 2.97. The standard InChI is InChI=1S/C22H27N3O2S.ClH/c1-15-6-11-19-21(16(15)2)23-22(28-19)25(13-12-24(3)4)20(26)14-17-7-9-18(27-5)10-8-17;/h6-11H,12-14H2,1-5H3;1H. The number of benzene rings is 2. The first-order valence-electron chi connectivity index (χ1n) is 9.34. The number of halogens is 1. The van der Waals surface area contributed by atoms with Gasteiger partial charge < -0.3 is 9.64 Å². The van der Waals surface area contributed by atoms with Crippen LogP contribution in [0.2, 0.25) is 0 Å². The molecular weight excluding hydrogens is 406 g/mol. The van der Waals surface area contributed by atoms with Crippen LogP contribution in [-0.2, 0) is 11.2 Å². The molecular formula is C22H28ClN3O2S. The molecule has 156 valence electrons. The number of ether oxygens (including phenoxy) is 1. The number of anilines is 1. The van der Waals surface area contributed by atoms with Crippen molar-refractivity contribution in [2.24, 2.45) is 0 Å². The van der Waals surface area contributed by atoms with E-state index in [1.54, 1.807) is 18.4 Å². The van der Waals surface area contributed by atoms with Crippen molar-refractivity contribution >= 4 is 45.0 Å². The molecule has 1 aromatic heterocycles. The van der Waals surface area contributed by atoms with Crippen molar-refractivity contribution in [3.63, 3.8) is 0 Å². The van der Waals surface area contributed by atoms with Crippen molar-refractivity contribution in [3.8, 4) is 5.75 Å². The number of methoxy groups -OCH3 is 1. The molecule has 0 saturated heterocycles. The highest BCUT2D eigenvalue weighted by molar-refractivity contribution is 7.22. The maximum atomic E-state index is 13.2. The highest BCUT2D eigenvalue weighted by Gasteiger charge is 2.21. The Hall–Kier alpha value is -2.15. The molecule has 0 fully saturated rings. The van der Waals surface area contributed by atoms with Gasteiger partial charge in [0, 0.05) is 13.1 Å². The minimum Gasteiger partial charge on any atom is -0.497 e. The van der Waals surface area contributed by atoms with Crippen LogP contribution in [0.4, 0.5) is 5.13 Å². The smallest absolute Gasteiger partial charge is 0.233 e. The zero-order valence-corrected chi connectivity index (χ0v) is 19.2. The lowest BCUT2D eigenvalue weighted by Gasteiger charge is -2.22. The molecule has 0 aliphatic rings. The summed E-state index contributed by atoms with van der Waals surface area (Å²) in [7, 11) is 5.66. The molecule has 0 aliphatic heterocycles. The van der Waals surface area contributed by atoms with Crippen LogP contribution >= 0.6 is 23.7 Å². The van der Waals surface area contributed by atoms with E-state index in [9.17, 15) is 4.79 Å². The van der Waals surface area contributed by atoms with Gasteiger partial charge in [-0.25, -0.2) is 4.98 Å². The van der Waals surface area contributed by atoms with Crippen LogP contribution in [0.5, 0.6) is 5.75 Å². The molecule has 29 heavy (non-hydrogen) atoms. The minimum atomic E-state index is 0. The lowest BCUT2D eigenvalue weighted by molar-refractivity contribution is -0.118. The molecule has 0 saturated carbocycles. The van der Waals surface area contributed by atoms with Gasteiger partial charge in [0.05, 0.1) is 23.7 Å². The quantitative estimate of drug-likeness (QED) is 0.551. The maximum absolute atomic E-state index is 13.2. The minimum absolute atomic E-state index is 0. The summed E-state index contributed by atoms with van der Waals surface area (Å²) in [6.07, 6.45) is 0.339. The number of nitrogens with zero attached hydrogens (tertiary/aromatic N) is 3. The van der Waals surface area contributed by atoms with Crippen LogP contribution in [0.15, 0.2) is 36.4 Å². The summed E-state index contributed by atoms with van der Waals surface area (Å²) >= 11 is 1.58. The normalized spacial score (nSPS) is 10.8. The number of carbonyl (C=O) groups excluding carboxylic acids is 1. The van der Waals surface area contributed by atoms with Crippen LogP contribution in [0.25, 0.3) is 10.2 Å². The number of aryl methyl sites for hydroxylation is 2. The van der Waals surface area contributed by atoms with Gasteiger partial charge in [0.15, 0.2) is 5.13 Å². The SMILES string of the molecule is COc1ccc(CC(=O)N(CCN(C)C)c2nc3c(C)c(C)ccc3s2)cc1.Cl. The Balaban J connectivity index is 0.00000300. The van der Waals surface area contributed by atoms with E-state index in [0.29, 0.717) is 13.0 Å². The average Bonchev–Trinajstić information content (AvgIpc) is 3.10. The summed E-state index contributed by atoms with van der Waals surface area (Å²) in [4.78, 5) is 21.9. The molecule has 3 aromatic rings. The Kier molecular flexibility index (Phi) is 8.02. The van der Waals surface area contributed by atoms with Gasteiger partial charge in [-0.05, 0) is 62.8 Å². The van der Waals surface area contributed by atoms with Gasteiger partial charge in [0.25, 0.3) is 0 Å². The summed E-state index contributed by atoms with van der Waals surface area (Å²) < 4.78 is 6.32. The molecule has 0 atom stereocenters. The first-order valence-corrected chi connectivity index (χ1v) is 10.2. The second-order valence-corrected chi connectivity index (χ2v) is 8.23.